The van der Waals surface area contributed by atoms with Crippen LogP contribution in [0.1, 0.15) is 18.1 Å². The predicted molar refractivity (Wildman–Crippen MR) is 114 cm³/mol. The Morgan fingerprint density at radius 2 is 1.83 bits per heavy atom. The Hall–Kier alpha value is -3.14. The summed E-state index contributed by atoms with van der Waals surface area (Å²) < 4.78 is 31.1. The molecule has 2 aromatic rings. The molecule has 2 aromatic carbocycles. The summed E-state index contributed by atoms with van der Waals surface area (Å²) in [5.74, 6) is 0.139. The van der Waals surface area contributed by atoms with Gasteiger partial charge in [-0.2, -0.15) is 0 Å². The van der Waals surface area contributed by atoms with E-state index >= 15 is 0 Å². The van der Waals surface area contributed by atoms with Gasteiger partial charge in [-0.3, -0.25) is 19.2 Å². The minimum absolute atomic E-state index is 0.0424. The number of ether oxygens (including phenoxy) is 1. The summed E-state index contributed by atoms with van der Waals surface area (Å²) in [6.45, 7) is 5.70. The van der Waals surface area contributed by atoms with Gasteiger partial charge in [0.1, 0.15) is 18.4 Å². The van der Waals surface area contributed by atoms with E-state index in [0.717, 1.165) is 27.8 Å². The molecule has 0 saturated heterocycles. The van der Waals surface area contributed by atoms with Crippen molar-refractivity contribution < 1.29 is 22.9 Å². The van der Waals surface area contributed by atoms with Crippen LogP contribution in [0.25, 0.3) is 0 Å². The van der Waals surface area contributed by atoms with Gasteiger partial charge >= 0.3 is 0 Å². The van der Waals surface area contributed by atoms with E-state index in [1.165, 1.54) is 25.1 Å². The van der Waals surface area contributed by atoms with Crippen molar-refractivity contribution in [3.63, 3.8) is 0 Å². The Kier molecular flexibility index (Phi) is 7.38. The van der Waals surface area contributed by atoms with E-state index in [-0.39, 0.29) is 24.5 Å². The largest absolute Gasteiger partial charge is 0.492 e. The summed E-state index contributed by atoms with van der Waals surface area (Å²) >= 11 is 0. The third-order valence-corrected chi connectivity index (χ3v) is 5.49. The SMILES string of the molecule is Cc1cc(C)cc(OCCNC(=O)[C@H](C)N(c2cccc([N+](=O)[O-])c2)S(C)(=O)=O)c1. The van der Waals surface area contributed by atoms with Crippen molar-refractivity contribution in [2.24, 2.45) is 0 Å². The maximum absolute atomic E-state index is 12.5. The number of amides is 1. The zero-order valence-corrected chi connectivity index (χ0v) is 18.1. The monoisotopic (exact) mass is 435 g/mol. The van der Waals surface area contributed by atoms with E-state index in [1.807, 2.05) is 32.0 Å². The first-order valence-corrected chi connectivity index (χ1v) is 11.1. The van der Waals surface area contributed by atoms with E-state index < -0.39 is 26.9 Å². The number of rotatable bonds is 9. The molecular formula is C20H25N3O6S. The van der Waals surface area contributed by atoms with Crippen molar-refractivity contribution in [2.75, 3.05) is 23.7 Å². The quantitative estimate of drug-likeness (QED) is 0.367. The molecule has 0 saturated carbocycles. The lowest BCUT2D eigenvalue weighted by atomic mass is 10.1. The number of aryl methyl sites for hydroxylation is 2. The summed E-state index contributed by atoms with van der Waals surface area (Å²) in [5.41, 5.74) is 1.89. The van der Waals surface area contributed by atoms with Crippen LogP contribution in [0.5, 0.6) is 5.75 Å². The molecule has 1 N–H and O–H groups in total. The zero-order chi connectivity index (χ0) is 22.5. The lowest BCUT2D eigenvalue weighted by Gasteiger charge is -2.28. The Bertz CT molecular complexity index is 1020. The highest BCUT2D eigenvalue weighted by atomic mass is 32.2. The molecule has 0 aliphatic carbocycles. The number of anilines is 1. The molecule has 0 spiro atoms. The molecule has 9 nitrogen and oxygen atoms in total. The molecule has 0 heterocycles. The summed E-state index contributed by atoms with van der Waals surface area (Å²) in [6.07, 6.45) is 0.943. The lowest BCUT2D eigenvalue weighted by Crippen LogP contribution is -2.48. The fourth-order valence-electron chi connectivity index (χ4n) is 3.06. The second kappa shape index (κ2) is 9.57. The van der Waals surface area contributed by atoms with E-state index in [9.17, 15) is 23.3 Å². The van der Waals surface area contributed by atoms with Gasteiger partial charge in [-0.25, -0.2) is 8.42 Å². The predicted octanol–water partition coefficient (Wildman–Crippen LogP) is 2.56. The van der Waals surface area contributed by atoms with Crippen LogP contribution in [0.4, 0.5) is 11.4 Å². The molecule has 1 atom stereocenters. The van der Waals surface area contributed by atoms with Gasteiger partial charge in [-0.1, -0.05) is 12.1 Å². The molecule has 0 unspecified atom stereocenters. The van der Waals surface area contributed by atoms with Crippen molar-refractivity contribution in [1.82, 2.24) is 5.32 Å². The maximum Gasteiger partial charge on any atom is 0.271 e. The minimum Gasteiger partial charge on any atom is -0.492 e. The average molecular weight is 436 g/mol. The second-order valence-corrected chi connectivity index (χ2v) is 8.83. The minimum atomic E-state index is -3.87. The van der Waals surface area contributed by atoms with Crippen molar-refractivity contribution in [3.05, 3.63) is 63.7 Å². The van der Waals surface area contributed by atoms with Gasteiger partial charge in [0.25, 0.3) is 5.69 Å². The number of nitro benzene ring substituents is 1. The van der Waals surface area contributed by atoms with E-state index in [2.05, 4.69) is 5.32 Å². The number of sulfonamides is 1. The summed E-state index contributed by atoms with van der Waals surface area (Å²) in [4.78, 5) is 22.9. The molecule has 10 heteroatoms. The first kappa shape index (κ1) is 23.1. The molecule has 0 fully saturated rings. The Morgan fingerprint density at radius 3 is 2.40 bits per heavy atom. The molecule has 162 valence electrons. The normalized spacial score (nSPS) is 12.1. The molecule has 30 heavy (non-hydrogen) atoms. The van der Waals surface area contributed by atoms with Crippen LogP contribution in [0, 0.1) is 24.0 Å². The third kappa shape index (κ3) is 6.18. The fraction of sp³-hybridized carbons (Fsp3) is 0.350. The van der Waals surface area contributed by atoms with E-state index in [4.69, 9.17) is 4.74 Å². The standard InChI is InChI=1S/C20H25N3O6S/c1-14-10-15(2)12-19(11-14)29-9-8-21-20(24)16(3)22(30(4,27)28)17-6-5-7-18(13-17)23(25)26/h5-7,10-13,16H,8-9H2,1-4H3,(H,21,24)/t16-/m0/s1. The maximum atomic E-state index is 12.5. The van der Waals surface area contributed by atoms with Gasteiger partial charge in [0.15, 0.2) is 0 Å². The van der Waals surface area contributed by atoms with Crippen molar-refractivity contribution in [1.29, 1.82) is 0 Å². The van der Waals surface area contributed by atoms with Crippen LogP contribution in [0.3, 0.4) is 0 Å². The molecule has 0 aliphatic rings. The fourth-order valence-corrected chi connectivity index (χ4v) is 4.23. The first-order chi connectivity index (χ1) is 14.0. The molecule has 1 amide bonds. The molecule has 0 radical (unpaired) electrons. The number of nitro groups is 1. The van der Waals surface area contributed by atoms with Crippen molar-refractivity contribution >= 4 is 27.3 Å². The van der Waals surface area contributed by atoms with Crippen molar-refractivity contribution in [3.8, 4) is 5.75 Å². The highest BCUT2D eigenvalue weighted by Crippen LogP contribution is 2.25. The van der Waals surface area contributed by atoms with E-state index in [1.54, 1.807) is 0 Å². The topological polar surface area (TPSA) is 119 Å². The Morgan fingerprint density at radius 1 is 1.20 bits per heavy atom. The van der Waals surface area contributed by atoms with Crippen LogP contribution in [-0.2, 0) is 14.8 Å². The third-order valence-electron chi connectivity index (χ3n) is 4.25. The number of nitrogens with one attached hydrogen (secondary N) is 1. The van der Waals surface area contributed by atoms with Gasteiger partial charge in [0.2, 0.25) is 15.9 Å². The Balaban J connectivity index is 2.05. The summed E-state index contributed by atoms with van der Waals surface area (Å²) in [5, 5.41) is 13.6. The zero-order valence-electron chi connectivity index (χ0n) is 17.3. The number of non-ortho nitro benzene ring substituents is 1. The number of benzene rings is 2. The second-order valence-electron chi connectivity index (χ2n) is 6.97. The number of hydrogen-bond acceptors (Lipinski definition) is 6. The van der Waals surface area contributed by atoms with Crippen LogP contribution < -0.4 is 14.4 Å². The van der Waals surface area contributed by atoms with Gasteiger partial charge in [-0.15, -0.1) is 0 Å². The van der Waals surface area contributed by atoms with Gasteiger partial charge in [0.05, 0.1) is 23.4 Å². The lowest BCUT2D eigenvalue weighted by molar-refractivity contribution is -0.384. The van der Waals surface area contributed by atoms with Crippen LogP contribution in [-0.4, -0.2) is 44.7 Å². The average Bonchev–Trinajstić information content (AvgIpc) is 2.63. The number of nitrogens with zero attached hydrogens (tertiary/aromatic N) is 2. The van der Waals surface area contributed by atoms with Gasteiger partial charge in [-0.05, 0) is 50.1 Å². The number of hydrogen-bond donors (Lipinski definition) is 1. The van der Waals surface area contributed by atoms with Gasteiger partial charge < -0.3 is 10.1 Å². The smallest absolute Gasteiger partial charge is 0.271 e. The molecule has 0 bridgehead atoms. The molecular weight excluding hydrogens is 410 g/mol. The van der Waals surface area contributed by atoms with E-state index in [0.29, 0.717) is 5.75 Å². The number of carbonyl (C=O) groups is 1. The molecule has 0 aromatic heterocycles. The first-order valence-electron chi connectivity index (χ1n) is 9.21. The summed E-state index contributed by atoms with van der Waals surface area (Å²) in [6, 6.07) is 9.81. The van der Waals surface area contributed by atoms with Crippen LogP contribution in [0.2, 0.25) is 0 Å². The molecule has 2 rings (SSSR count). The highest BCUT2D eigenvalue weighted by Gasteiger charge is 2.29. The Labute approximate surface area is 175 Å². The van der Waals surface area contributed by atoms with Crippen LogP contribution >= 0.6 is 0 Å². The number of carbonyl (C=O) groups excluding carboxylic acids is 1. The van der Waals surface area contributed by atoms with Crippen molar-refractivity contribution in [2.45, 2.75) is 26.8 Å². The summed E-state index contributed by atoms with van der Waals surface area (Å²) in [7, 11) is -3.87. The van der Waals surface area contributed by atoms with Gasteiger partial charge in [0, 0.05) is 12.1 Å². The molecule has 0 aliphatic heterocycles. The van der Waals surface area contributed by atoms with Crippen LogP contribution in [0.15, 0.2) is 42.5 Å². The highest BCUT2D eigenvalue weighted by molar-refractivity contribution is 7.92.